The van der Waals surface area contributed by atoms with Gasteiger partial charge < -0.3 is 9.80 Å². The minimum atomic E-state index is -0.359. The van der Waals surface area contributed by atoms with E-state index in [0.717, 1.165) is 50.8 Å². The van der Waals surface area contributed by atoms with E-state index >= 15 is 0 Å². The van der Waals surface area contributed by atoms with Crippen LogP contribution in [0.4, 0.5) is 0 Å². The normalized spacial score (nSPS) is 25.8. The molecule has 0 aromatic carbocycles. The number of pyridine rings is 1. The maximum absolute atomic E-state index is 13.2. The Morgan fingerprint density at radius 1 is 1.11 bits per heavy atom. The minimum absolute atomic E-state index is 0.211. The molecule has 5 heteroatoms. The SMILES string of the molecule is O=C(CC1=CCCCC1)N1CCCC2(CCN(Cc3ccncc3)C2=O)C1. The number of carbonyl (C=O) groups is 2. The molecule has 27 heavy (non-hydrogen) atoms. The number of likely N-dealkylation sites (tertiary alicyclic amines) is 2. The summed E-state index contributed by atoms with van der Waals surface area (Å²) in [6, 6.07) is 3.93. The van der Waals surface area contributed by atoms with Crippen molar-refractivity contribution in [2.45, 2.75) is 57.9 Å². The van der Waals surface area contributed by atoms with Crippen LogP contribution in [0.1, 0.15) is 56.9 Å². The van der Waals surface area contributed by atoms with Gasteiger partial charge in [-0.15, -0.1) is 0 Å². The van der Waals surface area contributed by atoms with Crippen molar-refractivity contribution < 1.29 is 9.59 Å². The molecule has 4 rings (SSSR count). The predicted molar refractivity (Wildman–Crippen MR) is 104 cm³/mol. The standard InChI is InChI=1S/C22H29N3O2/c26-20(15-18-5-2-1-3-6-18)25-13-4-9-22(17-25)10-14-24(21(22)27)16-19-7-11-23-12-8-19/h5,7-8,11-12H,1-4,6,9-10,13-17H2. The molecule has 3 aliphatic rings. The van der Waals surface area contributed by atoms with E-state index in [4.69, 9.17) is 0 Å². The number of allylic oxidation sites excluding steroid dienone is 1. The number of nitrogens with zero attached hydrogens (tertiary/aromatic N) is 3. The topological polar surface area (TPSA) is 53.5 Å². The van der Waals surface area contributed by atoms with Crippen molar-refractivity contribution in [2.75, 3.05) is 19.6 Å². The predicted octanol–water partition coefficient (Wildman–Crippen LogP) is 3.31. The zero-order valence-electron chi connectivity index (χ0n) is 16.0. The van der Waals surface area contributed by atoms with Gasteiger partial charge in [0.15, 0.2) is 0 Å². The van der Waals surface area contributed by atoms with Crippen LogP contribution in [-0.4, -0.2) is 46.2 Å². The van der Waals surface area contributed by atoms with Crippen molar-refractivity contribution in [3.63, 3.8) is 0 Å². The Bertz CT molecular complexity index is 730. The molecule has 3 heterocycles. The van der Waals surface area contributed by atoms with Gasteiger partial charge in [-0.2, -0.15) is 0 Å². The van der Waals surface area contributed by atoms with Gasteiger partial charge in [0.05, 0.1) is 5.41 Å². The molecule has 0 bridgehead atoms. The van der Waals surface area contributed by atoms with Crippen molar-refractivity contribution in [3.05, 3.63) is 41.7 Å². The van der Waals surface area contributed by atoms with Gasteiger partial charge in [-0.25, -0.2) is 0 Å². The molecule has 2 saturated heterocycles. The smallest absolute Gasteiger partial charge is 0.230 e. The van der Waals surface area contributed by atoms with E-state index in [0.29, 0.717) is 19.5 Å². The van der Waals surface area contributed by atoms with Crippen molar-refractivity contribution in [3.8, 4) is 0 Å². The molecule has 1 unspecified atom stereocenters. The van der Waals surface area contributed by atoms with Crippen LogP contribution in [0.5, 0.6) is 0 Å². The van der Waals surface area contributed by atoms with Crippen LogP contribution < -0.4 is 0 Å². The third kappa shape index (κ3) is 3.92. The summed E-state index contributed by atoms with van der Waals surface area (Å²) in [5.41, 5.74) is 2.05. The summed E-state index contributed by atoms with van der Waals surface area (Å²) in [7, 11) is 0. The first-order valence-corrected chi connectivity index (χ1v) is 10.3. The average Bonchev–Trinajstić information content (AvgIpc) is 2.99. The quantitative estimate of drug-likeness (QED) is 0.767. The molecule has 1 aromatic heterocycles. The van der Waals surface area contributed by atoms with Crippen LogP contribution in [-0.2, 0) is 16.1 Å². The van der Waals surface area contributed by atoms with Gasteiger partial charge in [0, 0.05) is 45.0 Å². The maximum atomic E-state index is 13.2. The number of piperidine rings is 1. The first-order chi connectivity index (χ1) is 13.2. The molecule has 0 radical (unpaired) electrons. The molecule has 1 aliphatic carbocycles. The molecule has 1 atom stereocenters. The Morgan fingerprint density at radius 2 is 1.96 bits per heavy atom. The van der Waals surface area contributed by atoms with E-state index < -0.39 is 0 Å². The highest BCUT2D eigenvalue weighted by molar-refractivity contribution is 5.87. The second-order valence-corrected chi connectivity index (χ2v) is 8.32. The van der Waals surface area contributed by atoms with Gasteiger partial charge in [-0.05, 0) is 62.6 Å². The fourth-order valence-corrected chi connectivity index (χ4v) is 4.85. The van der Waals surface area contributed by atoms with Crippen LogP contribution in [0.2, 0.25) is 0 Å². The molecule has 1 spiro atoms. The lowest BCUT2D eigenvalue weighted by Crippen LogP contribution is -2.49. The summed E-state index contributed by atoms with van der Waals surface area (Å²) < 4.78 is 0. The summed E-state index contributed by atoms with van der Waals surface area (Å²) >= 11 is 0. The first kappa shape index (κ1) is 18.2. The van der Waals surface area contributed by atoms with Crippen LogP contribution in [0.3, 0.4) is 0 Å². The van der Waals surface area contributed by atoms with Gasteiger partial charge in [-0.1, -0.05) is 11.6 Å². The Morgan fingerprint density at radius 3 is 2.74 bits per heavy atom. The maximum Gasteiger partial charge on any atom is 0.230 e. The molecule has 0 saturated carbocycles. The molecule has 0 N–H and O–H groups in total. The fourth-order valence-electron chi connectivity index (χ4n) is 4.85. The molecule has 144 valence electrons. The molecule has 5 nitrogen and oxygen atoms in total. The zero-order chi connectivity index (χ0) is 18.7. The van der Waals surface area contributed by atoms with E-state index in [1.807, 2.05) is 21.9 Å². The van der Waals surface area contributed by atoms with Gasteiger partial charge in [0.25, 0.3) is 0 Å². The van der Waals surface area contributed by atoms with Gasteiger partial charge in [0.2, 0.25) is 11.8 Å². The summed E-state index contributed by atoms with van der Waals surface area (Å²) in [5, 5.41) is 0. The van der Waals surface area contributed by atoms with E-state index in [2.05, 4.69) is 11.1 Å². The van der Waals surface area contributed by atoms with Gasteiger partial charge in [-0.3, -0.25) is 14.6 Å². The van der Waals surface area contributed by atoms with Crippen LogP contribution in [0, 0.1) is 5.41 Å². The largest absolute Gasteiger partial charge is 0.341 e. The monoisotopic (exact) mass is 367 g/mol. The molecule has 2 fully saturated rings. The van der Waals surface area contributed by atoms with Crippen LogP contribution in [0.25, 0.3) is 0 Å². The van der Waals surface area contributed by atoms with Crippen LogP contribution in [0.15, 0.2) is 36.2 Å². The lowest BCUT2D eigenvalue weighted by molar-refractivity contribution is -0.143. The molecular formula is C22H29N3O2. The molecule has 1 aromatic rings. The zero-order valence-corrected chi connectivity index (χ0v) is 16.0. The van der Waals surface area contributed by atoms with Gasteiger partial charge in [0.1, 0.15) is 0 Å². The molecule has 2 amide bonds. The van der Waals surface area contributed by atoms with Crippen molar-refractivity contribution in [1.29, 1.82) is 0 Å². The summed E-state index contributed by atoms with van der Waals surface area (Å²) in [6.07, 6.45) is 13.6. The Hall–Kier alpha value is -2.17. The number of rotatable bonds is 4. The van der Waals surface area contributed by atoms with E-state index in [1.54, 1.807) is 12.4 Å². The van der Waals surface area contributed by atoms with Gasteiger partial charge >= 0.3 is 0 Å². The number of hydrogen-bond acceptors (Lipinski definition) is 3. The summed E-state index contributed by atoms with van der Waals surface area (Å²) in [6.45, 7) is 2.83. The lowest BCUT2D eigenvalue weighted by atomic mass is 9.78. The second kappa shape index (κ2) is 7.83. The van der Waals surface area contributed by atoms with E-state index in [-0.39, 0.29) is 17.2 Å². The number of aromatic nitrogens is 1. The summed E-state index contributed by atoms with van der Waals surface area (Å²) in [4.78, 5) is 34.0. The fraction of sp³-hybridized carbons (Fsp3) is 0.591. The third-order valence-corrected chi connectivity index (χ3v) is 6.42. The highest BCUT2D eigenvalue weighted by Gasteiger charge is 2.49. The van der Waals surface area contributed by atoms with E-state index in [9.17, 15) is 9.59 Å². The second-order valence-electron chi connectivity index (χ2n) is 8.32. The summed E-state index contributed by atoms with van der Waals surface area (Å²) in [5.74, 6) is 0.441. The molecular weight excluding hydrogens is 338 g/mol. The first-order valence-electron chi connectivity index (χ1n) is 10.3. The number of amides is 2. The Kier molecular flexibility index (Phi) is 5.28. The molecule has 2 aliphatic heterocycles. The van der Waals surface area contributed by atoms with Crippen LogP contribution >= 0.6 is 0 Å². The number of hydrogen-bond donors (Lipinski definition) is 0. The third-order valence-electron chi connectivity index (χ3n) is 6.42. The van der Waals surface area contributed by atoms with Crippen molar-refractivity contribution >= 4 is 11.8 Å². The van der Waals surface area contributed by atoms with E-state index in [1.165, 1.54) is 18.4 Å². The van der Waals surface area contributed by atoms with Crippen molar-refractivity contribution in [1.82, 2.24) is 14.8 Å². The van der Waals surface area contributed by atoms with Crippen molar-refractivity contribution in [2.24, 2.45) is 5.41 Å². The highest BCUT2D eigenvalue weighted by atomic mass is 16.2. The average molecular weight is 367 g/mol. The Labute approximate surface area is 161 Å². The number of carbonyl (C=O) groups excluding carboxylic acids is 2. The minimum Gasteiger partial charge on any atom is -0.341 e. The highest BCUT2D eigenvalue weighted by Crippen LogP contribution is 2.41. The lowest BCUT2D eigenvalue weighted by Gasteiger charge is -2.39. The Balaban J connectivity index is 1.40.